The number of carboxylic acid groups (broad SMARTS) is 1. The number of rotatable bonds is 4. The average Bonchev–Trinajstić information content (AvgIpc) is 2.82. The number of fused-ring (bicyclic) bond motifs is 1. The first-order chi connectivity index (χ1) is 10.6. The summed E-state index contributed by atoms with van der Waals surface area (Å²) in [5, 5.41) is 10.3. The lowest BCUT2D eigenvalue weighted by Crippen LogP contribution is -2.31. The highest BCUT2D eigenvalue weighted by Gasteiger charge is 2.48. The van der Waals surface area contributed by atoms with Crippen LogP contribution in [0.2, 0.25) is 5.02 Å². The molecule has 114 valence electrons. The molecule has 4 heteroatoms. The third-order valence-corrected chi connectivity index (χ3v) is 6.23. The Kier molecular flexibility index (Phi) is 4.20. The summed E-state index contributed by atoms with van der Waals surface area (Å²) in [6.07, 6.45) is 0.878. The van der Waals surface area contributed by atoms with Crippen LogP contribution in [0.25, 0.3) is 0 Å². The van der Waals surface area contributed by atoms with Crippen molar-refractivity contribution < 1.29 is 9.90 Å². The summed E-state index contributed by atoms with van der Waals surface area (Å²) in [7, 11) is 0. The van der Waals surface area contributed by atoms with Crippen molar-refractivity contribution in [3.05, 3.63) is 64.7 Å². The molecule has 0 radical (unpaired) electrons. The van der Waals surface area contributed by atoms with Gasteiger partial charge >= 0.3 is 5.97 Å². The fraction of sp³-hybridized carbons (Fsp3) is 0.278. The SMILES string of the molecule is CCC1(CC(=O)O)c2cc(Cl)ccc2SC1c1ccccc1. The van der Waals surface area contributed by atoms with Crippen LogP contribution < -0.4 is 0 Å². The Morgan fingerprint density at radius 3 is 2.64 bits per heavy atom. The molecule has 1 N–H and O–H groups in total. The molecule has 0 saturated carbocycles. The Balaban J connectivity index is 2.17. The summed E-state index contributed by atoms with van der Waals surface area (Å²) in [5.74, 6) is -0.767. The number of halogens is 1. The van der Waals surface area contributed by atoms with Gasteiger partial charge in [-0.25, -0.2) is 0 Å². The molecule has 0 spiro atoms. The van der Waals surface area contributed by atoms with Crippen LogP contribution >= 0.6 is 23.4 Å². The Hall–Kier alpha value is -1.45. The van der Waals surface area contributed by atoms with Crippen molar-refractivity contribution >= 4 is 29.3 Å². The summed E-state index contributed by atoms with van der Waals surface area (Å²) in [6, 6.07) is 16.0. The predicted octanol–water partition coefficient (Wildman–Crippen LogP) is 5.31. The van der Waals surface area contributed by atoms with Crippen LogP contribution in [0.15, 0.2) is 53.4 Å². The standard InChI is InChI=1S/C18H17ClO2S/c1-2-18(11-16(20)21)14-10-13(19)8-9-15(14)22-17(18)12-6-4-3-5-7-12/h3-10,17H,2,11H2,1H3,(H,20,21). The number of carbonyl (C=O) groups is 1. The minimum Gasteiger partial charge on any atom is -0.481 e. The van der Waals surface area contributed by atoms with Crippen molar-refractivity contribution in [2.75, 3.05) is 0 Å². The first kappa shape index (κ1) is 15.4. The van der Waals surface area contributed by atoms with Gasteiger partial charge in [0.05, 0.1) is 6.42 Å². The van der Waals surface area contributed by atoms with Crippen molar-refractivity contribution in [2.45, 2.75) is 35.3 Å². The highest BCUT2D eigenvalue weighted by molar-refractivity contribution is 8.00. The van der Waals surface area contributed by atoms with Gasteiger partial charge in [-0.3, -0.25) is 4.79 Å². The second kappa shape index (κ2) is 5.98. The van der Waals surface area contributed by atoms with E-state index in [1.54, 1.807) is 11.8 Å². The van der Waals surface area contributed by atoms with Crippen molar-refractivity contribution in [3.63, 3.8) is 0 Å². The molecule has 0 amide bonds. The van der Waals surface area contributed by atoms with Crippen molar-refractivity contribution in [3.8, 4) is 0 Å². The Bertz CT molecular complexity index is 701. The fourth-order valence-corrected chi connectivity index (χ4v) is 5.21. The number of benzene rings is 2. The Morgan fingerprint density at radius 1 is 1.27 bits per heavy atom. The maximum atomic E-state index is 11.5. The van der Waals surface area contributed by atoms with E-state index in [1.165, 1.54) is 5.56 Å². The predicted molar refractivity (Wildman–Crippen MR) is 90.7 cm³/mol. The van der Waals surface area contributed by atoms with Crippen LogP contribution in [-0.2, 0) is 10.2 Å². The lowest BCUT2D eigenvalue weighted by Gasteiger charge is -2.34. The first-order valence-corrected chi connectivity index (χ1v) is 8.56. The summed E-state index contributed by atoms with van der Waals surface area (Å²) >= 11 is 7.93. The Morgan fingerprint density at radius 2 is 2.00 bits per heavy atom. The van der Waals surface area contributed by atoms with Gasteiger partial charge in [-0.2, -0.15) is 0 Å². The van der Waals surface area contributed by atoms with Gasteiger partial charge in [0.15, 0.2) is 0 Å². The molecule has 0 saturated heterocycles. The van der Waals surface area contributed by atoms with E-state index in [1.807, 2.05) is 36.4 Å². The van der Waals surface area contributed by atoms with Gasteiger partial charge in [0.2, 0.25) is 0 Å². The second-order valence-corrected chi connectivity index (χ2v) is 7.21. The zero-order valence-electron chi connectivity index (χ0n) is 12.3. The largest absolute Gasteiger partial charge is 0.481 e. The topological polar surface area (TPSA) is 37.3 Å². The van der Waals surface area contributed by atoms with Crippen LogP contribution in [0.5, 0.6) is 0 Å². The van der Waals surface area contributed by atoms with E-state index in [0.717, 1.165) is 16.9 Å². The van der Waals surface area contributed by atoms with Crippen LogP contribution in [-0.4, -0.2) is 11.1 Å². The molecule has 2 aromatic rings. The molecule has 3 rings (SSSR count). The zero-order chi connectivity index (χ0) is 15.7. The van der Waals surface area contributed by atoms with E-state index < -0.39 is 11.4 Å². The van der Waals surface area contributed by atoms with E-state index in [2.05, 4.69) is 19.1 Å². The lowest BCUT2D eigenvalue weighted by molar-refractivity contribution is -0.138. The van der Waals surface area contributed by atoms with Crippen LogP contribution in [0, 0.1) is 0 Å². The monoisotopic (exact) mass is 332 g/mol. The fourth-order valence-electron chi connectivity index (χ4n) is 3.35. The maximum absolute atomic E-state index is 11.5. The van der Waals surface area contributed by atoms with Crippen LogP contribution in [0.4, 0.5) is 0 Å². The van der Waals surface area contributed by atoms with Crippen molar-refractivity contribution in [1.82, 2.24) is 0 Å². The molecule has 1 heterocycles. The summed E-state index contributed by atoms with van der Waals surface area (Å²) < 4.78 is 0. The summed E-state index contributed by atoms with van der Waals surface area (Å²) in [6.45, 7) is 2.06. The van der Waals surface area contributed by atoms with Gasteiger partial charge in [-0.15, -0.1) is 11.8 Å². The maximum Gasteiger partial charge on any atom is 0.304 e. The molecular weight excluding hydrogens is 316 g/mol. The number of hydrogen-bond donors (Lipinski definition) is 1. The van der Waals surface area contributed by atoms with Crippen LogP contribution in [0.3, 0.4) is 0 Å². The molecule has 2 nitrogen and oxygen atoms in total. The van der Waals surface area contributed by atoms with Gasteiger partial charge in [-0.05, 0) is 35.7 Å². The van der Waals surface area contributed by atoms with Crippen LogP contribution in [0.1, 0.15) is 36.1 Å². The van der Waals surface area contributed by atoms with Gasteiger partial charge < -0.3 is 5.11 Å². The molecule has 2 unspecified atom stereocenters. The highest BCUT2D eigenvalue weighted by Crippen LogP contribution is 2.61. The number of hydrogen-bond acceptors (Lipinski definition) is 2. The molecule has 22 heavy (non-hydrogen) atoms. The first-order valence-electron chi connectivity index (χ1n) is 7.30. The molecule has 0 aliphatic carbocycles. The average molecular weight is 333 g/mol. The van der Waals surface area contributed by atoms with E-state index >= 15 is 0 Å². The quantitative estimate of drug-likeness (QED) is 0.824. The third-order valence-electron chi connectivity index (χ3n) is 4.42. The van der Waals surface area contributed by atoms with Crippen molar-refractivity contribution in [1.29, 1.82) is 0 Å². The minimum atomic E-state index is -0.767. The normalized spacial score (nSPS) is 23.3. The van der Waals surface area contributed by atoms with E-state index in [4.69, 9.17) is 11.6 Å². The molecule has 2 aromatic carbocycles. The molecule has 1 aliphatic heterocycles. The minimum absolute atomic E-state index is 0.100. The zero-order valence-corrected chi connectivity index (χ0v) is 13.8. The number of carboxylic acids is 1. The van der Waals surface area contributed by atoms with E-state index in [9.17, 15) is 9.90 Å². The summed E-state index contributed by atoms with van der Waals surface area (Å²) in [5.41, 5.74) is 1.82. The third kappa shape index (κ3) is 2.53. The molecule has 2 atom stereocenters. The number of aliphatic carboxylic acids is 1. The highest BCUT2D eigenvalue weighted by atomic mass is 35.5. The smallest absolute Gasteiger partial charge is 0.304 e. The van der Waals surface area contributed by atoms with Gasteiger partial charge in [0.25, 0.3) is 0 Å². The Labute approximate surface area is 139 Å². The molecule has 1 aliphatic rings. The summed E-state index contributed by atoms with van der Waals surface area (Å²) in [4.78, 5) is 12.7. The van der Waals surface area contributed by atoms with Crippen molar-refractivity contribution in [2.24, 2.45) is 0 Å². The molecule has 0 bridgehead atoms. The van der Waals surface area contributed by atoms with E-state index in [-0.39, 0.29) is 11.7 Å². The lowest BCUT2D eigenvalue weighted by atomic mass is 9.71. The van der Waals surface area contributed by atoms with Gasteiger partial charge in [0.1, 0.15) is 0 Å². The number of thioether (sulfide) groups is 1. The molecule has 0 aromatic heterocycles. The van der Waals surface area contributed by atoms with E-state index in [0.29, 0.717) is 5.02 Å². The van der Waals surface area contributed by atoms with Gasteiger partial charge in [0, 0.05) is 20.6 Å². The van der Waals surface area contributed by atoms with Gasteiger partial charge in [-0.1, -0.05) is 48.9 Å². The molecular formula is C18H17ClO2S. The second-order valence-electron chi connectivity index (χ2n) is 5.63. The molecule has 0 fully saturated rings.